The molecule has 0 aliphatic carbocycles. The van der Waals surface area contributed by atoms with Gasteiger partial charge in [0.2, 0.25) is 0 Å². The Kier molecular flexibility index (Phi) is 4.53. The molecule has 0 atom stereocenters. The van der Waals surface area contributed by atoms with E-state index >= 15 is 0 Å². The fourth-order valence-corrected chi connectivity index (χ4v) is 2.57. The van der Waals surface area contributed by atoms with Gasteiger partial charge in [-0.05, 0) is 38.1 Å². The van der Waals surface area contributed by atoms with Crippen LogP contribution in [-0.4, -0.2) is 11.8 Å². The lowest BCUT2D eigenvalue weighted by Crippen LogP contribution is -2.27. The summed E-state index contributed by atoms with van der Waals surface area (Å²) in [7, 11) is 0. The van der Waals surface area contributed by atoms with Gasteiger partial charge in [0.1, 0.15) is 0 Å². The Morgan fingerprint density at radius 1 is 1.20 bits per heavy atom. The summed E-state index contributed by atoms with van der Waals surface area (Å²) in [5, 5.41) is 5.50. The molecule has 0 saturated heterocycles. The number of thiophene rings is 1. The normalized spacial score (nSPS) is 10.1. The van der Waals surface area contributed by atoms with Gasteiger partial charge in [0.25, 0.3) is 0 Å². The van der Waals surface area contributed by atoms with Crippen LogP contribution in [0.5, 0.6) is 0 Å². The highest BCUT2D eigenvalue weighted by molar-refractivity contribution is 7.11. The van der Waals surface area contributed by atoms with Crippen LogP contribution in [0, 0.1) is 6.92 Å². The van der Waals surface area contributed by atoms with Gasteiger partial charge >= 0.3 is 6.03 Å². The lowest BCUT2D eigenvalue weighted by atomic mass is 10.1. The van der Waals surface area contributed by atoms with Crippen LogP contribution in [-0.2, 0) is 6.54 Å². The van der Waals surface area contributed by atoms with E-state index < -0.39 is 0 Å². The van der Waals surface area contributed by atoms with Crippen LogP contribution in [0.4, 0.5) is 10.5 Å². The quantitative estimate of drug-likeness (QED) is 0.845. The van der Waals surface area contributed by atoms with E-state index in [2.05, 4.69) is 10.6 Å². The molecule has 2 amide bonds. The first-order chi connectivity index (χ1) is 9.54. The number of carbonyl (C=O) groups is 2. The van der Waals surface area contributed by atoms with Crippen molar-refractivity contribution in [3.05, 3.63) is 51.7 Å². The summed E-state index contributed by atoms with van der Waals surface area (Å²) in [5.74, 6) is -0.0249. The van der Waals surface area contributed by atoms with E-state index in [1.807, 2.05) is 19.1 Å². The molecule has 1 heterocycles. The molecular weight excluding hydrogens is 272 g/mol. The number of urea groups is 1. The summed E-state index contributed by atoms with van der Waals surface area (Å²) in [5.41, 5.74) is 1.19. The van der Waals surface area contributed by atoms with Gasteiger partial charge in [0.05, 0.1) is 6.54 Å². The summed E-state index contributed by atoms with van der Waals surface area (Å²) < 4.78 is 0. The largest absolute Gasteiger partial charge is 0.333 e. The topological polar surface area (TPSA) is 58.2 Å². The lowest BCUT2D eigenvalue weighted by molar-refractivity contribution is 0.101. The van der Waals surface area contributed by atoms with Crippen molar-refractivity contribution in [1.29, 1.82) is 0 Å². The Morgan fingerprint density at radius 3 is 2.65 bits per heavy atom. The average molecular weight is 288 g/mol. The minimum Gasteiger partial charge on any atom is -0.333 e. The van der Waals surface area contributed by atoms with Crippen LogP contribution in [0.3, 0.4) is 0 Å². The third kappa shape index (κ3) is 3.93. The van der Waals surface area contributed by atoms with Crippen LogP contribution in [0.2, 0.25) is 0 Å². The predicted molar refractivity (Wildman–Crippen MR) is 81.4 cm³/mol. The van der Waals surface area contributed by atoms with Crippen LogP contribution >= 0.6 is 11.3 Å². The van der Waals surface area contributed by atoms with E-state index in [4.69, 9.17) is 0 Å². The minimum atomic E-state index is -0.281. The van der Waals surface area contributed by atoms with Gasteiger partial charge in [-0.15, -0.1) is 11.3 Å². The number of hydrogen-bond donors (Lipinski definition) is 2. The smallest absolute Gasteiger partial charge is 0.319 e. The summed E-state index contributed by atoms with van der Waals surface area (Å²) in [6.07, 6.45) is 0. The molecule has 0 fully saturated rings. The zero-order valence-electron chi connectivity index (χ0n) is 11.4. The number of aryl methyl sites for hydroxylation is 1. The zero-order chi connectivity index (χ0) is 14.5. The molecule has 20 heavy (non-hydrogen) atoms. The number of nitrogens with one attached hydrogen (secondary N) is 2. The molecule has 104 valence electrons. The maximum atomic E-state index is 11.8. The summed E-state index contributed by atoms with van der Waals surface area (Å²) in [6, 6.07) is 10.6. The second-order valence-corrected chi connectivity index (χ2v) is 5.83. The van der Waals surface area contributed by atoms with Crippen LogP contribution in [0.1, 0.15) is 27.0 Å². The molecule has 1 aromatic carbocycles. The molecule has 2 N–H and O–H groups in total. The maximum Gasteiger partial charge on any atom is 0.319 e. The second-order valence-electron chi connectivity index (χ2n) is 4.46. The Morgan fingerprint density at radius 2 is 2.00 bits per heavy atom. The van der Waals surface area contributed by atoms with Gasteiger partial charge in [0, 0.05) is 21.0 Å². The van der Waals surface area contributed by atoms with Gasteiger partial charge in [-0.2, -0.15) is 0 Å². The van der Waals surface area contributed by atoms with Crippen LogP contribution in [0.25, 0.3) is 0 Å². The van der Waals surface area contributed by atoms with Crippen LogP contribution < -0.4 is 10.6 Å². The number of rotatable bonds is 4. The monoisotopic (exact) mass is 288 g/mol. The van der Waals surface area contributed by atoms with E-state index in [1.165, 1.54) is 11.8 Å². The van der Waals surface area contributed by atoms with Crippen molar-refractivity contribution in [3.8, 4) is 0 Å². The molecule has 0 unspecified atom stereocenters. The zero-order valence-corrected chi connectivity index (χ0v) is 12.2. The number of carbonyl (C=O) groups excluding carboxylic acids is 2. The van der Waals surface area contributed by atoms with Crippen molar-refractivity contribution in [1.82, 2.24) is 5.32 Å². The fraction of sp³-hybridized carbons (Fsp3) is 0.200. The molecule has 0 radical (unpaired) electrons. The Hall–Kier alpha value is -2.14. The number of hydrogen-bond acceptors (Lipinski definition) is 3. The first kappa shape index (κ1) is 14.3. The molecule has 4 nitrogen and oxygen atoms in total. The highest BCUT2D eigenvalue weighted by Crippen LogP contribution is 2.15. The highest BCUT2D eigenvalue weighted by atomic mass is 32.1. The first-order valence-corrected chi connectivity index (χ1v) is 7.07. The summed E-state index contributed by atoms with van der Waals surface area (Å²) >= 11 is 1.66. The Labute approximate surface area is 121 Å². The number of ketones is 1. The highest BCUT2D eigenvalue weighted by Gasteiger charge is 2.05. The molecule has 0 spiro atoms. The molecule has 2 rings (SSSR count). The van der Waals surface area contributed by atoms with Crippen molar-refractivity contribution in [2.75, 3.05) is 5.32 Å². The Balaban J connectivity index is 1.91. The third-order valence-corrected chi connectivity index (χ3v) is 3.75. The van der Waals surface area contributed by atoms with Gasteiger partial charge in [-0.3, -0.25) is 4.79 Å². The van der Waals surface area contributed by atoms with E-state index in [1.54, 1.807) is 35.6 Å². The standard InChI is InChI=1S/C15H16N2O2S/c1-10-6-7-14(20-10)9-16-15(19)17-13-5-3-4-12(8-13)11(2)18/h3-8H,9H2,1-2H3,(H2,16,17,19). The van der Waals surface area contributed by atoms with Gasteiger partial charge in [-0.1, -0.05) is 12.1 Å². The predicted octanol–water partition coefficient (Wildman–Crippen LogP) is 3.58. The molecule has 0 aliphatic heterocycles. The molecule has 5 heteroatoms. The molecule has 0 bridgehead atoms. The Bertz CT molecular complexity index is 634. The number of anilines is 1. The van der Waals surface area contributed by atoms with E-state index in [0.717, 1.165) is 4.88 Å². The average Bonchev–Trinajstić information content (AvgIpc) is 2.82. The van der Waals surface area contributed by atoms with E-state index in [-0.39, 0.29) is 11.8 Å². The molecule has 0 saturated carbocycles. The van der Waals surface area contributed by atoms with Gasteiger partial charge in [-0.25, -0.2) is 4.79 Å². The van der Waals surface area contributed by atoms with Gasteiger partial charge in [0.15, 0.2) is 5.78 Å². The van der Waals surface area contributed by atoms with Crippen molar-refractivity contribution < 1.29 is 9.59 Å². The SMILES string of the molecule is CC(=O)c1cccc(NC(=O)NCc2ccc(C)s2)c1. The number of amides is 2. The molecule has 2 aromatic rings. The number of benzene rings is 1. The molecule has 0 aliphatic rings. The molecule has 1 aromatic heterocycles. The van der Waals surface area contributed by atoms with Crippen molar-refractivity contribution in [2.45, 2.75) is 20.4 Å². The van der Waals surface area contributed by atoms with Gasteiger partial charge < -0.3 is 10.6 Å². The van der Waals surface area contributed by atoms with Crippen molar-refractivity contribution in [2.24, 2.45) is 0 Å². The van der Waals surface area contributed by atoms with E-state index in [0.29, 0.717) is 17.8 Å². The number of Topliss-reactive ketones (excluding diaryl/α,β-unsaturated/α-hetero) is 1. The minimum absolute atomic E-state index is 0.0249. The lowest BCUT2D eigenvalue weighted by Gasteiger charge is -2.07. The van der Waals surface area contributed by atoms with E-state index in [9.17, 15) is 9.59 Å². The second kappa shape index (κ2) is 6.34. The molecular formula is C15H16N2O2S. The maximum absolute atomic E-state index is 11.8. The fourth-order valence-electron chi connectivity index (χ4n) is 1.74. The van der Waals surface area contributed by atoms with Crippen molar-refractivity contribution >= 4 is 28.8 Å². The summed E-state index contributed by atoms with van der Waals surface area (Å²) in [4.78, 5) is 25.4. The third-order valence-electron chi connectivity index (χ3n) is 2.75. The summed E-state index contributed by atoms with van der Waals surface area (Å²) in [6.45, 7) is 4.02. The van der Waals surface area contributed by atoms with Crippen LogP contribution in [0.15, 0.2) is 36.4 Å². The first-order valence-electron chi connectivity index (χ1n) is 6.26. The van der Waals surface area contributed by atoms with Crippen molar-refractivity contribution in [3.63, 3.8) is 0 Å².